The Labute approximate surface area is 108 Å². The average Bonchev–Trinajstić information content (AvgIpc) is 2.58. The lowest BCUT2D eigenvalue weighted by molar-refractivity contribution is 1.40. The number of fused-ring (bicyclic) bond motifs is 1. The number of halogens is 2. The van der Waals surface area contributed by atoms with Crippen LogP contribution < -0.4 is 0 Å². The lowest BCUT2D eigenvalue weighted by Crippen LogP contribution is -1.84. The third-order valence-corrected chi connectivity index (χ3v) is 4.88. The first kappa shape index (κ1) is 10.4. The smallest absolute Gasteiger partial charge is 0.0995 e. The van der Waals surface area contributed by atoms with E-state index in [9.17, 15) is 0 Å². The van der Waals surface area contributed by atoms with Gasteiger partial charge < -0.3 is 0 Å². The largest absolute Gasteiger partial charge is 0.192 e. The number of thiophene rings is 1. The molecule has 2 aromatic rings. The third kappa shape index (κ3) is 1.69. The van der Waals surface area contributed by atoms with E-state index in [0.717, 1.165) is 16.5 Å². The molecule has 1 aromatic heterocycles. The van der Waals surface area contributed by atoms with Crippen LogP contribution >= 0.6 is 49.9 Å². The molecular formula is C10H5BrINS. The summed E-state index contributed by atoms with van der Waals surface area (Å²) >= 11 is 7.42. The molecule has 0 N–H and O–H groups in total. The molecule has 0 atom stereocenters. The van der Waals surface area contributed by atoms with E-state index in [1.54, 1.807) is 11.3 Å². The Morgan fingerprint density at radius 2 is 2.29 bits per heavy atom. The first-order chi connectivity index (χ1) is 6.76. The maximum absolute atomic E-state index is 8.97. The van der Waals surface area contributed by atoms with E-state index in [1.165, 1.54) is 13.7 Å². The highest BCUT2D eigenvalue weighted by Crippen LogP contribution is 2.30. The van der Waals surface area contributed by atoms with E-state index in [1.807, 2.05) is 6.07 Å². The Morgan fingerprint density at radius 3 is 2.93 bits per heavy atom. The average molecular weight is 378 g/mol. The van der Waals surface area contributed by atoms with Gasteiger partial charge in [0.1, 0.15) is 0 Å². The molecule has 0 spiro atoms. The van der Waals surface area contributed by atoms with Crippen LogP contribution in [0.15, 0.2) is 17.5 Å². The van der Waals surface area contributed by atoms with Gasteiger partial charge in [0.05, 0.1) is 11.6 Å². The summed E-state index contributed by atoms with van der Waals surface area (Å²) in [5.74, 6) is 0. The predicted octanol–water partition coefficient (Wildman–Crippen LogP) is 4.27. The number of hydrogen-bond donors (Lipinski definition) is 0. The second kappa shape index (κ2) is 4.17. The molecule has 1 heterocycles. The fraction of sp³-hybridized carbons (Fsp3) is 0.100. The van der Waals surface area contributed by atoms with Gasteiger partial charge in [-0.25, -0.2) is 0 Å². The van der Waals surface area contributed by atoms with Gasteiger partial charge in [0.2, 0.25) is 0 Å². The van der Waals surface area contributed by atoms with Crippen LogP contribution in [0.4, 0.5) is 0 Å². The summed E-state index contributed by atoms with van der Waals surface area (Å²) < 4.78 is 2.48. The normalized spacial score (nSPS) is 10.4. The number of rotatable bonds is 1. The van der Waals surface area contributed by atoms with Gasteiger partial charge in [-0.2, -0.15) is 5.26 Å². The number of benzene rings is 1. The Hall–Kier alpha value is -0.120. The minimum absolute atomic E-state index is 0.736. The Morgan fingerprint density at radius 1 is 1.50 bits per heavy atom. The van der Waals surface area contributed by atoms with Crippen molar-refractivity contribution in [3.63, 3.8) is 0 Å². The highest BCUT2D eigenvalue weighted by atomic mass is 127. The molecule has 0 saturated carbocycles. The zero-order chi connectivity index (χ0) is 10.1. The van der Waals surface area contributed by atoms with E-state index >= 15 is 0 Å². The van der Waals surface area contributed by atoms with Crippen molar-refractivity contribution in [2.45, 2.75) is 5.33 Å². The fourth-order valence-corrected chi connectivity index (χ4v) is 3.64. The molecule has 0 unspecified atom stereocenters. The summed E-state index contributed by atoms with van der Waals surface area (Å²) in [7, 11) is 0. The van der Waals surface area contributed by atoms with E-state index in [-0.39, 0.29) is 0 Å². The Kier molecular flexibility index (Phi) is 3.10. The van der Waals surface area contributed by atoms with Crippen molar-refractivity contribution in [3.05, 3.63) is 32.2 Å². The lowest BCUT2D eigenvalue weighted by atomic mass is 10.1. The molecule has 2 rings (SSSR count). The van der Waals surface area contributed by atoms with Crippen LogP contribution in [-0.2, 0) is 5.33 Å². The molecular weight excluding hydrogens is 373 g/mol. The molecule has 0 aliphatic carbocycles. The van der Waals surface area contributed by atoms with Crippen molar-refractivity contribution in [2.24, 2.45) is 0 Å². The number of nitrogens with zero attached hydrogens (tertiary/aromatic N) is 1. The number of nitriles is 1. The van der Waals surface area contributed by atoms with Crippen LogP contribution in [0.1, 0.15) is 11.1 Å². The maximum Gasteiger partial charge on any atom is 0.0995 e. The molecule has 0 bridgehead atoms. The predicted molar refractivity (Wildman–Crippen MR) is 71.9 cm³/mol. The van der Waals surface area contributed by atoms with Gasteiger partial charge >= 0.3 is 0 Å². The van der Waals surface area contributed by atoms with Crippen molar-refractivity contribution in [1.29, 1.82) is 5.26 Å². The van der Waals surface area contributed by atoms with Crippen LogP contribution in [-0.4, -0.2) is 0 Å². The minimum Gasteiger partial charge on any atom is -0.192 e. The van der Waals surface area contributed by atoms with Gasteiger partial charge in [0.25, 0.3) is 0 Å². The molecule has 4 heteroatoms. The van der Waals surface area contributed by atoms with Gasteiger partial charge in [-0.05, 0) is 40.3 Å². The van der Waals surface area contributed by atoms with Gasteiger partial charge in [0, 0.05) is 24.4 Å². The fourth-order valence-electron chi connectivity index (χ4n) is 1.30. The lowest BCUT2D eigenvalue weighted by Gasteiger charge is -1.99. The van der Waals surface area contributed by atoms with Crippen LogP contribution in [0.2, 0.25) is 0 Å². The summed E-state index contributed by atoms with van der Waals surface area (Å²) in [5, 5.41) is 13.0. The third-order valence-electron chi connectivity index (χ3n) is 2.02. The Bertz CT molecular complexity index is 527. The molecule has 0 aliphatic rings. The summed E-state index contributed by atoms with van der Waals surface area (Å²) in [4.78, 5) is 0. The van der Waals surface area contributed by atoms with Crippen LogP contribution in [0, 0.1) is 14.9 Å². The van der Waals surface area contributed by atoms with E-state index < -0.39 is 0 Å². The Balaban J connectivity index is 2.79. The highest BCUT2D eigenvalue weighted by Gasteiger charge is 2.07. The molecule has 0 fully saturated rings. The summed E-state index contributed by atoms with van der Waals surface area (Å²) in [6.07, 6.45) is 0. The van der Waals surface area contributed by atoms with E-state index in [4.69, 9.17) is 5.26 Å². The molecule has 1 aromatic carbocycles. The van der Waals surface area contributed by atoms with E-state index in [0.29, 0.717) is 0 Å². The number of hydrogen-bond acceptors (Lipinski definition) is 2. The molecule has 0 radical (unpaired) electrons. The van der Waals surface area contributed by atoms with Crippen molar-refractivity contribution in [3.8, 4) is 6.07 Å². The molecule has 70 valence electrons. The molecule has 14 heavy (non-hydrogen) atoms. The molecule has 1 nitrogen and oxygen atoms in total. The maximum atomic E-state index is 8.97. The van der Waals surface area contributed by atoms with Crippen molar-refractivity contribution < 1.29 is 0 Å². The summed E-state index contributed by atoms with van der Waals surface area (Å²) in [6, 6.07) is 6.30. The zero-order valence-electron chi connectivity index (χ0n) is 7.05. The minimum atomic E-state index is 0.736. The van der Waals surface area contributed by atoms with Crippen molar-refractivity contribution in [2.75, 3.05) is 0 Å². The number of alkyl halides is 1. The monoisotopic (exact) mass is 377 g/mol. The second-order valence-electron chi connectivity index (χ2n) is 2.83. The second-order valence-corrected chi connectivity index (χ2v) is 5.47. The molecule has 0 aliphatic heterocycles. The van der Waals surface area contributed by atoms with Gasteiger partial charge in [-0.15, -0.1) is 11.3 Å². The van der Waals surface area contributed by atoms with Crippen molar-refractivity contribution in [1.82, 2.24) is 0 Å². The quantitative estimate of drug-likeness (QED) is 0.537. The van der Waals surface area contributed by atoms with Crippen LogP contribution in [0.5, 0.6) is 0 Å². The SMILES string of the molecule is N#Cc1cc2c(I)csc2cc1CBr. The van der Waals surface area contributed by atoms with Gasteiger partial charge in [-0.3, -0.25) is 0 Å². The van der Waals surface area contributed by atoms with Crippen LogP contribution in [0.25, 0.3) is 10.1 Å². The highest BCUT2D eigenvalue weighted by molar-refractivity contribution is 14.1. The molecule has 0 amide bonds. The topological polar surface area (TPSA) is 23.8 Å². The van der Waals surface area contributed by atoms with Gasteiger partial charge in [0.15, 0.2) is 0 Å². The first-order valence-corrected chi connectivity index (χ1v) is 7.00. The molecule has 0 saturated heterocycles. The standard InChI is InChI=1S/C10H5BrINS/c11-3-6-2-10-8(1-7(6)4-13)9(12)5-14-10/h1-2,5H,3H2. The summed E-state index contributed by atoms with van der Waals surface area (Å²) in [6.45, 7) is 0. The van der Waals surface area contributed by atoms with E-state index in [2.05, 4.69) is 56.0 Å². The first-order valence-electron chi connectivity index (χ1n) is 3.92. The summed E-state index contributed by atoms with van der Waals surface area (Å²) in [5.41, 5.74) is 1.84. The van der Waals surface area contributed by atoms with Crippen molar-refractivity contribution >= 4 is 59.9 Å². The zero-order valence-corrected chi connectivity index (χ0v) is 11.6. The van der Waals surface area contributed by atoms with Gasteiger partial charge in [-0.1, -0.05) is 15.9 Å². The van der Waals surface area contributed by atoms with Crippen LogP contribution in [0.3, 0.4) is 0 Å².